The monoisotopic (exact) mass is 150 g/mol. The highest BCUT2D eigenvalue weighted by molar-refractivity contribution is 5.26. The minimum absolute atomic E-state index is 0.0862. The van der Waals surface area contributed by atoms with E-state index >= 15 is 0 Å². The zero-order chi connectivity index (χ0) is 8.43. The molecule has 0 radical (unpaired) electrons. The molecule has 2 heteroatoms. The molecule has 0 fully saturated rings. The molecular weight excluding hydrogens is 136 g/mol. The van der Waals surface area contributed by atoms with Crippen LogP contribution in [0.2, 0.25) is 0 Å². The molecule has 1 atom stereocenters. The fourth-order valence-corrected chi connectivity index (χ4v) is 1.18. The van der Waals surface area contributed by atoms with E-state index in [9.17, 15) is 0 Å². The minimum atomic E-state index is 0.0862. The van der Waals surface area contributed by atoms with Crippen LogP contribution in [0.5, 0.6) is 0 Å². The molecule has 60 valence electrons. The zero-order valence-corrected chi connectivity index (χ0v) is 7.26. The van der Waals surface area contributed by atoms with Gasteiger partial charge in [0.15, 0.2) is 0 Å². The predicted octanol–water partition coefficient (Wildman–Crippen LogP) is 1.72. The van der Waals surface area contributed by atoms with Gasteiger partial charge in [0.2, 0.25) is 0 Å². The quantitative estimate of drug-likeness (QED) is 0.662. The van der Waals surface area contributed by atoms with Crippen LogP contribution in [-0.4, -0.2) is 4.98 Å². The molecule has 0 saturated carbocycles. The minimum Gasteiger partial charge on any atom is -0.324 e. The van der Waals surface area contributed by atoms with Crippen molar-refractivity contribution in [3.05, 3.63) is 29.1 Å². The SMILES string of the molecule is Cc1cc(C)c([C@H](C)N)cn1. The Balaban J connectivity index is 3.09. The first kappa shape index (κ1) is 8.21. The van der Waals surface area contributed by atoms with E-state index in [-0.39, 0.29) is 6.04 Å². The summed E-state index contributed by atoms with van der Waals surface area (Å²) >= 11 is 0. The van der Waals surface area contributed by atoms with Gasteiger partial charge in [0.25, 0.3) is 0 Å². The van der Waals surface area contributed by atoms with Gasteiger partial charge in [-0.1, -0.05) is 0 Å². The Labute approximate surface area is 67.5 Å². The third-order valence-electron chi connectivity index (χ3n) is 1.78. The summed E-state index contributed by atoms with van der Waals surface area (Å²) in [4.78, 5) is 4.18. The van der Waals surface area contributed by atoms with Crippen LogP contribution in [-0.2, 0) is 0 Å². The van der Waals surface area contributed by atoms with Crippen LogP contribution in [0.4, 0.5) is 0 Å². The smallest absolute Gasteiger partial charge is 0.0375 e. The maximum absolute atomic E-state index is 5.72. The molecule has 0 aliphatic heterocycles. The Morgan fingerprint density at radius 2 is 2.09 bits per heavy atom. The average molecular weight is 150 g/mol. The fraction of sp³-hybridized carbons (Fsp3) is 0.444. The average Bonchev–Trinajstić information content (AvgIpc) is 1.85. The van der Waals surface area contributed by atoms with Crippen LogP contribution in [0.15, 0.2) is 12.3 Å². The molecule has 0 aromatic carbocycles. The lowest BCUT2D eigenvalue weighted by Crippen LogP contribution is -2.07. The Morgan fingerprint density at radius 3 is 2.55 bits per heavy atom. The van der Waals surface area contributed by atoms with Crippen LogP contribution in [0.3, 0.4) is 0 Å². The molecule has 2 N–H and O–H groups in total. The first-order valence-corrected chi connectivity index (χ1v) is 3.80. The van der Waals surface area contributed by atoms with Crippen molar-refractivity contribution in [2.75, 3.05) is 0 Å². The van der Waals surface area contributed by atoms with E-state index in [4.69, 9.17) is 5.73 Å². The molecule has 2 nitrogen and oxygen atoms in total. The van der Waals surface area contributed by atoms with Gasteiger partial charge in [-0.15, -0.1) is 0 Å². The van der Waals surface area contributed by atoms with Crippen molar-refractivity contribution in [2.24, 2.45) is 5.73 Å². The largest absolute Gasteiger partial charge is 0.324 e. The van der Waals surface area contributed by atoms with E-state index < -0.39 is 0 Å². The van der Waals surface area contributed by atoms with Crippen LogP contribution in [0.1, 0.15) is 29.8 Å². The Kier molecular flexibility index (Phi) is 2.25. The molecule has 0 spiro atoms. The summed E-state index contributed by atoms with van der Waals surface area (Å²) in [6, 6.07) is 2.14. The Hall–Kier alpha value is -0.890. The molecule has 11 heavy (non-hydrogen) atoms. The number of hydrogen-bond donors (Lipinski definition) is 1. The van der Waals surface area contributed by atoms with Crippen molar-refractivity contribution in [3.63, 3.8) is 0 Å². The summed E-state index contributed by atoms with van der Waals surface area (Å²) in [6.45, 7) is 6.02. The molecule has 1 aromatic heterocycles. The first-order valence-electron chi connectivity index (χ1n) is 3.80. The van der Waals surface area contributed by atoms with Gasteiger partial charge in [0, 0.05) is 17.9 Å². The van der Waals surface area contributed by atoms with Gasteiger partial charge in [-0.25, -0.2) is 0 Å². The normalized spacial score (nSPS) is 13.1. The maximum atomic E-state index is 5.72. The Bertz CT molecular complexity index is 254. The van der Waals surface area contributed by atoms with E-state index in [2.05, 4.69) is 18.0 Å². The molecular formula is C9H14N2. The lowest BCUT2D eigenvalue weighted by molar-refractivity contribution is 0.800. The van der Waals surface area contributed by atoms with Gasteiger partial charge in [-0.05, 0) is 38.0 Å². The second-order valence-corrected chi connectivity index (χ2v) is 2.97. The maximum Gasteiger partial charge on any atom is 0.0375 e. The summed E-state index contributed by atoms with van der Waals surface area (Å²) in [7, 11) is 0. The molecule has 0 saturated heterocycles. The van der Waals surface area contributed by atoms with Crippen LogP contribution < -0.4 is 5.73 Å². The van der Waals surface area contributed by atoms with E-state index in [1.165, 1.54) is 5.56 Å². The zero-order valence-electron chi connectivity index (χ0n) is 7.26. The number of aryl methyl sites for hydroxylation is 2. The summed E-state index contributed by atoms with van der Waals surface area (Å²) in [5.74, 6) is 0. The second-order valence-electron chi connectivity index (χ2n) is 2.97. The molecule has 0 unspecified atom stereocenters. The molecule has 0 aliphatic rings. The number of nitrogens with zero attached hydrogens (tertiary/aromatic N) is 1. The van der Waals surface area contributed by atoms with Gasteiger partial charge < -0.3 is 5.73 Å². The summed E-state index contributed by atoms with van der Waals surface area (Å²) in [5, 5.41) is 0. The van der Waals surface area contributed by atoms with Gasteiger partial charge in [-0.2, -0.15) is 0 Å². The fourth-order valence-electron chi connectivity index (χ4n) is 1.18. The van der Waals surface area contributed by atoms with Crippen molar-refractivity contribution in [3.8, 4) is 0 Å². The van der Waals surface area contributed by atoms with Crippen molar-refractivity contribution < 1.29 is 0 Å². The summed E-state index contributed by atoms with van der Waals surface area (Å²) < 4.78 is 0. The third kappa shape index (κ3) is 1.77. The number of hydrogen-bond acceptors (Lipinski definition) is 2. The molecule has 0 amide bonds. The van der Waals surface area contributed by atoms with Crippen LogP contribution in [0.25, 0.3) is 0 Å². The molecule has 0 aliphatic carbocycles. The van der Waals surface area contributed by atoms with Crippen molar-refractivity contribution in [2.45, 2.75) is 26.8 Å². The highest BCUT2D eigenvalue weighted by Gasteiger charge is 2.02. The highest BCUT2D eigenvalue weighted by Crippen LogP contribution is 2.13. The first-order chi connectivity index (χ1) is 5.11. The standard InChI is InChI=1S/C9H14N2/c1-6-4-7(2)11-5-9(6)8(3)10/h4-5,8H,10H2,1-3H3/t8-/m0/s1. The van der Waals surface area contributed by atoms with E-state index in [1.807, 2.05) is 20.0 Å². The van der Waals surface area contributed by atoms with Gasteiger partial charge in [0.1, 0.15) is 0 Å². The summed E-state index contributed by atoms with van der Waals surface area (Å²) in [5.41, 5.74) is 9.14. The van der Waals surface area contributed by atoms with E-state index in [0.717, 1.165) is 11.3 Å². The number of nitrogens with two attached hydrogens (primary N) is 1. The molecule has 1 rings (SSSR count). The lowest BCUT2D eigenvalue weighted by Gasteiger charge is -2.08. The number of pyridine rings is 1. The van der Waals surface area contributed by atoms with Crippen molar-refractivity contribution in [1.82, 2.24) is 4.98 Å². The van der Waals surface area contributed by atoms with Gasteiger partial charge in [0.05, 0.1) is 0 Å². The number of rotatable bonds is 1. The van der Waals surface area contributed by atoms with Crippen molar-refractivity contribution in [1.29, 1.82) is 0 Å². The van der Waals surface area contributed by atoms with Crippen LogP contribution >= 0.6 is 0 Å². The van der Waals surface area contributed by atoms with E-state index in [0.29, 0.717) is 0 Å². The molecule has 1 heterocycles. The second kappa shape index (κ2) is 3.01. The van der Waals surface area contributed by atoms with Crippen molar-refractivity contribution >= 4 is 0 Å². The van der Waals surface area contributed by atoms with Gasteiger partial charge in [-0.3, -0.25) is 4.98 Å². The van der Waals surface area contributed by atoms with E-state index in [1.54, 1.807) is 0 Å². The lowest BCUT2D eigenvalue weighted by atomic mass is 10.1. The predicted molar refractivity (Wildman–Crippen MR) is 46.3 cm³/mol. The number of aromatic nitrogens is 1. The Morgan fingerprint density at radius 1 is 1.45 bits per heavy atom. The topological polar surface area (TPSA) is 38.9 Å². The third-order valence-corrected chi connectivity index (χ3v) is 1.78. The molecule has 0 bridgehead atoms. The van der Waals surface area contributed by atoms with Crippen LogP contribution in [0, 0.1) is 13.8 Å². The van der Waals surface area contributed by atoms with Gasteiger partial charge >= 0.3 is 0 Å². The molecule has 1 aromatic rings. The summed E-state index contributed by atoms with van der Waals surface area (Å²) in [6.07, 6.45) is 1.86. The highest BCUT2D eigenvalue weighted by atomic mass is 14.7.